The van der Waals surface area contributed by atoms with Crippen LogP contribution in [0.4, 0.5) is 0 Å². The Bertz CT molecular complexity index is 160. The van der Waals surface area contributed by atoms with Crippen molar-refractivity contribution in [2.75, 3.05) is 13.1 Å². The van der Waals surface area contributed by atoms with Crippen LogP contribution >= 0.6 is 0 Å². The van der Waals surface area contributed by atoms with Crippen molar-refractivity contribution >= 4 is 5.91 Å². The molecule has 0 fully saturated rings. The number of carbonyl (C=O) groups excluding carboxylic acids is 1. The molecule has 0 aliphatic rings. The zero-order chi connectivity index (χ0) is 11.0. The molecule has 0 saturated heterocycles. The standard InChI is InChI=1S/C10H22N2O2/c1-4-9(13)7-12-10(14)5-6-11-8(2)3/h8-9,11,13H,4-7H2,1-3H3,(H,12,14). The highest BCUT2D eigenvalue weighted by Gasteiger charge is 2.04. The third-order valence-corrected chi connectivity index (χ3v) is 1.91. The molecule has 0 saturated carbocycles. The molecule has 0 heterocycles. The van der Waals surface area contributed by atoms with Gasteiger partial charge in [0, 0.05) is 25.6 Å². The van der Waals surface area contributed by atoms with E-state index in [4.69, 9.17) is 0 Å². The highest BCUT2D eigenvalue weighted by atomic mass is 16.3. The van der Waals surface area contributed by atoms with Gasteiger partial charge in [0.25, 0.3) is 0 Å². The van der Waals surface area contributed by atoms with Crippen LogP contribution in [-0.4, -0.2) is 36.2 Å². The van der Waals surface area contributed by atoms with Gasteiger partial charge in [0.2, 0.25) is 5.91 Å². The second-order valence-electron chi connectivity index (χ2n) is 3.72. The molecule has 0 aromatic heterocycles. The van der Waals surface area contributed by atoms with E-state index >= 15 is 0 Å². The van der Waals surface area contributed by atoms with Crippen molar-refractivity contribution in [3.8, 4) is 0 Å². The van der Waals surface area contributed by atoms with Gasteiger partial charge in [-0.2, -0.15) is 0 Å². The van der Waals surface area contributed by atoms with E-state index in [0.717, 1.165) is 0 Å². The second-order valence-corrected chi connectivity index (χ2v) is 3.72. The summed E-state index contributed by atoms with van der Waals surface area (Å²) in [4.78, 5) is 11.2. The van der Waals surface area contributed by atoms with E-state index in [-0.39, 0.29) is 5.91 Å². The van der Waals surface area contributed by atoms with E-state index in [1.165, 1.54) is 0 Å². The van der Waals surface area contributed by atoms with Gasteiger partial charge in [-0.1, -0.05) is 20.8 Å². The first-order valence-electron chi connectivity index (χ1n) is 5.24. The highest BCUT2D eigenvalue weighted by Crippen LogP contribution is 1.87. The molecule has 0 rings (SSSR count). The Balaban J connectivity index is 3.37. The zero-order valence-corrected chi connectivity index (χ0v) is 9.34. The Kier molecular flexibility index (Phi) is 7.42. The summed E-state index contributed by atoms with van der Waals surface area (Å²) in [7, 11) is 0. The zero-order valence-electron chi connectivity index (χ0n) is 9.34. The minimum atomic E-state index is -0.419. The fraction of sp³-hybridized carbons (Fsp3) is 0.900. The molecule has 1 atom stereocenters. The third kappa shape index (κ3) is 8.01. The molecule has 14 heavy (non-hydrogen) atoms. The normalized spacial score (nSPS) is 12.9. The summed E-state index contributed by atoms with van der Waals surface area (Å²) < 4.78 is 0. The largest absolute Gasteiger partial charge is 0.391 e. The summed E-state index contributed by atoms with van der Waals surface area (Å²) >= 11 is 0. The van der Waals surface area contributed by atoms with Gasteiger partial charge < -0.3 is 15.7 Å². The molecule has 0 spiro atoms. The summed E-state index contributed by atoms with van der Waals surface area (Å²) in [5.41, 5.74) is 0. The Labute approximate surface area is 86.1 Å². The van der Waals surface area contributed by atoms with Gasteiger partial charge in [0.1, 0.15) is 0 Å². The predicted molar refractivity (Wildman–Crippen MR) is 57.1 cm³/mol. The maximum atomic E-state index is 11.2. The number of hydrogen-bond acceptors (Lipinski definition) is 3. The molecule has 0 radical (unpaired) electrons. The van der Waals surface area contributed by atoms with Crippen molar-refractivity contribution < 1.29 is 9.90 Å². The smallest absolute Gasteiger partial charge is 0.221 e. The van der Waals surface area contributed by atoms with Crippen molar-refractivity contribution in [1.29, 1.82) is 0 Å². The molecular formula is C10H22N2O2. The minimum Gasteiger partial charge on any atom is -0.391 e. The van der Waals surface area contributed by atoms with Gasteiger partial charge in [0.15, 0.2) is 0 Å². The van der Waals surface area contributed by atoms with E-state index in [0.29, 0.717) is 32.0 Å². The maximum Gasteiger partial charge on any atom is 0.221 e. The first kappa shape index (κ1) is 13.4. The van der Waals surface area contributed by atoms with Crippen LogP contribution in [0, 0.1) is 0 Å². The SMILES string of the molecule is CCC(O)CNC(=O)CCNC(C)C. The Morgan fingerprint density at radius 3 is 2.57 bits per heavy atom. The summed E-state index contributed by atoms with van der Waals surface area (Å²) in [5, 5.41) is 15.0. The van der Waals surface area contributed by atoms with Crippen molar-refractivity contribution in [3.05, 3.63) is 0 Å². The number of rotatable bonds is 7. The number of aliphatic hydroxyl groups excluding tert-OH is 1. The van der Waals surface area contributed by atoms with Crippen LogP contribution in [0.3, 0.4) is 0 Å². The van der Waals surface area contributed by atoms with Gasteiger partial charge in [-0.15, -0.1) is 0 Å². The van der Waals surface area contributed by atoms with Crippen molar-refractivity contribution in [2.24, 2.45) is 0 Å². The first-order valence-corrected chi connectivity index (χ1v) is 5.24. The topological polar surface area (TPSA) is 61.4 Å². The molecular weight excluding hydrogens is 180 g/mol. The van der Waals surface area contributed by atoms with Crippen molar-refractivity contribution in [2.45, 2.75) is 45.8 Å². The quantitative estimate of drug-likeness (QED) is 0.555. The Morgan fingerprint density at radius 1 is 1.43 bits per heavy atom. The molecule has 4 heteroatoms. The van der Waals surface area contributed by atoms with Crippen LogP contribution in [-0.2, 0) is 4.79 Å². The molecule has 0 aromatic carbocycles. The molecule has 0 aliphatic carbocycles. The maximum absolute atomic E-state index is 11.2. The van der Waals surface area contributed by atoms with Crippen LogP contribution in [0.2, 0.25) is 0 Å². The van der Waals surface area contributed by atoms with Crippen LogP contribution in [0.5, 0.6) is 0 Å². The predicted octanol–water partition coefficient (Wildman–Crippen LogP) is 0.262. The number of amides is 1. The van der Waals surface area contributed by atoms with Crippen LogP contribution in [0.25, 0.3) is 0 Å². The van der Waals surface area contributed by atoms with Crippen LogP contribution < -0.4 is 10.6 Å². The lowest BCUT2D eigenvalue weighted by Crippen LogP contribution is -2.34. The number of aliphatic hydroxyl groups is 1. The first-order chi connectivity index (χ1) is 6.56. The molecule has 0 aliphatic heterocycles. The van der Waals surface area contributed by atoms with Crippen LogP contribution in [0.15, 0.2) is 0 Å². The van der Waals surface area contributed by atoms with Gasteiger partial charge in [-0.3, -0.25) is 4.79 Å². The summed E-state index contributed by atoms with van der Waals surface area (Å²) in [6.45, 7) is 7.01. The van der Waals surface area contributed by atoms with Gasteiger partial charge >= 0.3 is 0 Å². The van der Waals surface area contributed by atoms with E-state index in [1.54, 1.807) is 0 Å². The summed E-state index contributed by atoms with van der Waals surface area (Å²) in [6.07, 6.45) is 0.719. The summed E-state index contributed by atoms with van der Waals surface area (Å²) in [6, 6.07) is 0.407. The molecule has 0 aromatic rings. The highest BCUT2D eigenvalue weighted by molar-refractivity contribution is 5.76. The van der Waals surface area contributed by atoms with Crippen molar-refractivity contribution in [1.82, 2.24) is 10.6 Å². The average Bonchev–Trinajstić information content (AvgIpc) is 2.13. The van der Waals surface area contributed by atoms with Gasteiger partial charge in [0.05, 0.1) is 6.10 Å². The van der Waals surface area contributed by atoms with Gasteiger partial charge in [-0.05, 0) is 6.42 Å². The Hall–Kier alpha value is -0.610. The second kappa shape index (κ2) is 7.76. The lowest BCUT2D eigenvalue weighted by molar-refractivity contribution is -0.121. The van der Waals surface area contributed by atoms with E-state index in [1.807, 2.05) is 20.8 Å². The van der Waals surface area contributed by atoms with E-state index in [9.17, 15) is 9.90 Å². The number of nitrogens with one attached hydrogen (secondary N) is 2. The minimum absolute atomic E-state index is 0.00866. The lowest BCUT2D eigenvalue weighted by Gasteiger charge is -2.10. The van der Waals surface area contributed by atoms with Crippen LogP contribution in [0.1, 0.15) is 33.6 Å². The third-order valence-electron chi connectivity index (χ3n) is 1.91. The average molecular weight is 202 g/mol. The molecule has 3 N–H and O–H groups in total. The fourth-order valence-corrected chi connectivity index (χ4v) is 0.939. The molecule has 1 unspecified atom stereocenters. The van der Waals surface area contributed by atoms with Gasteiger partial charge in [-0.25, -0.2) is 0 Å². The van der Waals surface area contributed by atoms with Crippen molar-refractivity contribution in [3.63, 3.8) is 0 Å². The monoisotopic (exact) mass is 202 g/mol. The number of carbonyl (C=O) groups is 1. The summed E-state index contributed by atoms with van der Waals surface area (Å²) in [5.74, 6) is -0.00866. The fourth-order valence-electron chi connectivity index (χ4n) is 0.939. The molecule has 4 nitrogen and oxygen atoms in total. The number of hydrogen-bond donors (Lipinski definition) is 3. The molecule has 0 bridgehead atoms. The lowest BCUT2D eigenvalue weighted by atomic mass is 10.2. The Morgan fingerprint density at radius 2 is 2.07 bits per heavy atom. The molecule has 84 valence electrons. The van der Waals surface area contributed by atoms with E-state index in [2.05, 4.69) is 10.6 Å². The molecule has 1 amide bonds. The van der Waals surface area contributed by atoms with E-state index < -0.39 is 6.10 Å².